The summed E-state index contributed by atoms with van der Waals surface area (Å²) in [5.41, 5.74) is 0. The van der Waals surface area contributed by atoms with Gasteiger partial charge in [0.05, 0.1) is 0 Å². The van der Waals surface area contributed by atoms with Crippen LogP contribution in [0.3, 0.4) is 0 Å². The first-order chi connectivity index (χ1) is 7.29. The van der Waals surface area contributed by atoms with Gasteiger partial charge in [-0.05, 0) is 31.3 Å². The fourth-order valence-electron chi connectivity index (χ4n) is 2.26. The number of aliphatic hydroxyl groups excluding tert-OH is 1. The smallest absolute Gasteiger partial charge is 0.159 e. The molecule has 86 valence electrons. The monoisotopic (exact) mass is 210 g/mol. The second-order valence-electron chi connectivity index (χ2n) is 4.39. The Morgan fingerprint density at radius 3 is 2.73 bits per heavy atom. The maximum absolute atomic E-state index is 11.6. The van der Waals surface area contributed by atoms with Crippen molar-refractivity contribution in [1.29, 1.82) is 0 Å². The maximum atomic E-state index is 11.6. The van der Waals surface area contributed by atoms with Crippen LogP contribution in [-0.4, -0.2) is 17.5 Å². The molecule has 0 aromatic carbocycles. The highest BCUT2D eigenvalue weighted by Gasteiger charge is 2.28. The van der Waals surface area contributed by atoms with Crippen LogP contribution in [0.15, 0.2) is 12.2 Å². The summed E-state index contributed by atoms with van der Waals surface area (Å²) in [5.74, 6) is 0.980. The van der Waals surface area contributed by atoms with E-state index >= 15 is 0 Å². The average molecular weight is 210 g/mol. The molecule has 0 saturated carbocycles. The molecule has 0 bridgehead atoms. The van der Waals surface area contributed by atoms with Crippen molar-refractivity contribution in [2.24, 2.45) is 11.8 Å². The van der Waals surface area contributed by atoms with E-state index in [0.717, 1.165) is 25.7 Å². The van der Waals surface area contributed by atoms with Crippen LogP contribution in [0.1, 0.15) is 45.4 Å². The topological polar surface area (TPSA) is 37.3 Å². The van der Waals surface area contributed by atoms with Crippen molar-refractivity contribution in [3.63, 3.8) is 0 Å². The van der Waals surface area contributed by atoms with E-state index in [4.69, 9.17) is 5.11 Å². The molecule has 15 heavy (non-hydrogen) atoms. The van der Waals surface area contributed by atoms with E-state index < -0.39 is 0 Å². The molecule has 0 heterocycles. The Morgan fingerprint density at radius 1 is 1.27 bits per heavy atom. The number of rotatable bonds is 7. The van der Waals surface area contributed by atoms with Crippen LogP contribution in [0.2, 0.25) is 0 Å². The minimum absolute atomic E-state index is 0.211. The predicted molar refractivity (Wildman–Crippen MR) is 61.6 cm³/mol. The molecular weight excluding hydrogens is 188 g/mol. The summed E-state index contributed by atoms with van der Waals surface area (Å²) >= 11 is 0. The Labute approximate surface area is 92.4 Å². The van der Waals surface area contributed by atoms with Gasteiger partial charge in [-0.25, -0.2) is 0 Å². The molecule has 0 radical (unpaired) electrons. The molecule has 0 aliphatic heterocycles. The summed E-state index contributed by atoms with van der Waals surface area (Å²) in [4.78, 5) is 11.6. The van der Waals surface area contributed by atoms with Gasteiger partial charge in [0.2, 0.25) is 0 Å². The molecule has 1 aliphatic rings. The minimum Gasteiger partial charge on any atom is -0.396 e. The standard InChI is InChI=1S/C13H22O2/c1-2-3-6-11-8-9-13(15)12(11)7-4-5-10-14/h8-9,11-12,14H,2-7,10H2,1H3. The Bertz CT molecular complexity index is 221. The van der Waals surface area contributed by atoms with Crippen LogP contribution in [0, 0.1) is 11.8 Å². The van der Waals surface area contributed by atoms with Gasteiger partial charge in [-0.1, -0.05) is 32.3 Å². The van der Waals surface area contributed by atoms with E-state index in [1.165, 1.54) is 12.8 Å². The fraction of sp³-hybridized carbons (Fsp3) is 0.769. The van der Waals surface area contributed by atoms with E-state index in [2.05, 4.69) is 13.0 Å². The number of ketones is 1. The maximum Gasteiger partial charge on any atom is 0.159 e. The van der Waals surface area contributed by atoms with Gasteiger partial charge in [0.25, 0.3) is 0 Å². The zero-order valence-electron chi connectivity index (χ0n) is 9.61. The van der Waals surface area contributed by atoms with Crippen molar-refractivity contribution in [2.75, 3.05) is 6.61 Å². The molecule has 1 rings (SSSR count). The molecule has 0 amide bonds. The van der Waals surface area contributed by atoms with Crippen molar-refractivity contribution in [3.8, 4) is 0 Å². The molecule has 0 fully saturated rings. The Balaban J connectivity index is 2.34. The molecule has 2 nitrogen and oxygen atoms in total. The predicted octanol–water partition coefficient (Wildman–Crippen LogP) is 2.71. The van der Waals surface area contributed by atoms with E-state index in [1.807, 2.05) is 0 Å². The third-order valence-corrected chi connectivity index (χ3v) is 3.20. The largest absolute Gasteiger partial charge is 0.396 e. The van der Waals surface area contributed by atoms with E-state index in [-0.39, 0.29) is 12.5 Å². The van der Waals surface area contributed by atoms with E-state index in [0.29, 0.717) is 11.7 Å². The fourth-order valence-corrected chi connectivity index (χ4v) is 2.26. The van der Waals surface area contributed by atoms with E-state index in [9.17, 15) is 4.79 Å². The number of hydrogen-bond acceptors (Lipinski definition) is 2. The number of allylic oxidation sites excluding steroid dienone is 2. The molecule has 1 aliphatic carbocycles. The summed E-state index contributed by atoms with van der Waals surface area (Å²) in [5, 5.41) is 8.71. The van der Waals surface area contributed by atoms with Gasteiger partial charge in [-0.15, -0.1) is 0 Å². The minimum atomic E-state index is 0.211. The normalized spacial score (nSPS) is 25.1. The number of hydrogen-bond donors (Lipinski definition) is 1. The summed E-state index contributed by atoms with van der Waals surface area (Å²) in [6.45, 7) is 2.43. The van der Waals surface area contributed by atoms with Crippen LogP contribution in [0.4, 0.5) is 0 Å². The lowest BCUT2D eigenvalue weighted by Crippen LogP contribution is -2.16. The van der Waals surface area contributed by atoms with Gasteiger partial charge in [-0.2, -0.15) is 0 Å². The molecule has 0 aromatic rings. The summed E-state index contributed by atoms with van der Waals surface area (Å²) in [6.07, 6.45) is 10.1. The number of carbonyl (C=O) groups excluding carboxylic acids is 1. The van der Waals surface area contributed by atoms with Crippen molar-refractivity contribution in [2.45, 2.75) is 45.4 Å². The Hall–Kier alpha value is -0.630. The second kappa shape index (κ2) is 6.78. The highest BCUT2D eigenvalue weighted by molar-refractivity contribution is 5.94. The van der Waals surface area contributed by atoms with Gasteiger partial charge in [-0.3, -0.25) is 4.79 Å². The van der Waals surface area contributed by atoms with Crippen molar-refractivity contribution < 1.29 is 9.90 Å². The quantitative estimate of drug-likeness (QED) is 0.656. The molecule has 0 aromatic heterocycles. The molecule has 1 N–H and O–H groups in total. The highest BCUT2D eigenvalue weighted by Crippen LogP contribution is 2.30. The van der Waals surface area contributed by atoms with Crippen LogP contribution in [0.25, 0.3) is 0 Å². The average Bonchev–Trinajstić information content (AvgIpc) is 2.58. The molecule has 0 saturated heterocycles. The molecule has 2 heteroatoms. The van der Waals surface area contributed by atoms with Gasteiger partial charge < -0.3 is 5.11 Å². The number of unbranched alkanes of at least 4 members (excludes halogenated alkanes) is 2. The van der Waals surface area contributed by atoms with Crippen molar-refractivity contribution >= 4 is 5.78 Å². The summed E-state index contributed by atoms with van der Waals surface area (Å²) < 4.78 is 0. The molecule has 0 spiro atoms. The lowest BCUT2D eigenvalue weighted by Gasteiger charge is -2.17. The summed E-state index contributed by atoms with van der Waals surface area (Å²) in [6, 6.07) is 0. The number of aliphatic hydroxyl groups is 1. The molecular formula is C13H22O2. The first-order valence-electron chi connectivity index (χ1n) is 6.12. The number of carbonyl (C=O) groups is 1. The van der Waals surface area contributed by atoms with Crippen molar-refractivity contribution in [1.82, 2.24) is 0 Å². The Morgan fingerprint density at radius 2 is 2.07 bits per heavy atom. The first-order valence-corrected chi connectivity index (χ1v) is 6.12. The third kappa shape index (κ3) is 3.78. The van der Waals surface area contributed by atoms with Crippen LogP contribution >= 0.6 is 0 Å². The zero-order chi connectivity index (χ0) is 11.1. The van der Waals surface area contributed by atoms with Crippen LogP contribution in [-0.2, 0) is 4.79 Å². The van der Waals surface area contributed by atoms with Crippen LogP contribution in [0.5, 0.6) is 0 Å². The zero-order valence-corrected chi connectivity index (χ0v) is 9.61. The Kier molecular flexibility index (Phi) is 5.62. The van der Waals surface area contributed by atoms with Crippen molar-refractivity contribution in [3.05, 3.63) is 12.2 Å². The van der Waals surface area contributed by atoms with E-state index in [1.54, 1.807) is 6.08 Å². The second-order valence-corrected chi connectivity index (χ2v) is 4.39. The lowest BCUT2D eigenvalue weighted by molar-refractivity contribution is -0.118. The lowest BCUT2D eigenvalue weighted by atomic mass is 9.86. The summed E-state index contributed by atoms with van der Waals surface area (Å²) in [7, 11) is 0. The molecule has 2 atom stereocenters. The third-order valence-electron chi connectivity index (χ3n) is 3.20. The van der Waals surface area contributed by atoms with Gasteiger partial charge in [0, 0.05) is 12.5 Å². The first kappa shape index (κ1) is 12.4. The van der Waals surface area contributed by atoms with Gasteiger partial charge >= 0.3 is 0 Å². The highest BCUT2D eigenvalue weighted by atomic mass is 16.2. The van der Waals surface area contributed by atoms with Crippen LogP contribution < -0.4 is 0 Å². The SMILES string of the molecule is CCCCC1C=CC(=O)C1CCCCO. The molecule has 2 unspecified atom stereocenters. The van der Waals surface area contributed by atoms with Gasteiger partial charge in [0.15, 0.2) is 5.78 Å². The van der Waals surface area contributed by atoms with Gasteiger partial charge in [0.1, 0.15) is 0 Å².